The number of hydrogen-bond acceptors (Lipinski definition) is 6. The van der Waals surface area contributed by atoms with Gasteiger partial charge in [-0.05, 0) is 41.5 Å². The first-order valence-electron chi connectivity index (χ1n) is 6.80. The van der Waals surface area contributed by atoms with Gasteiger partial charge in [-0.15, -0.1) is 5.10 Å². The second-order valence-electron chi connectivity index (χ2n) is 4.99. The number of benzene rings is 1. The number of aliphatic hydroxyl groups is 1. The van der Waals surface area contributed by atoms with Crippen LogP contribution in [0.5, 0.6) is 5.75 Å². The molecule has 1 saturated carbocycles. The highest BCUT2D eigenvalue weighted by Gasteiger charge is 2.28. The minimum absolute atomic E-state index is 0.138. The van der Waals surface area contributed by atoms with Crippen molar-refractivity contribution in [1.82, 2.24) is 20.2 Å². The van der Waals surface area contributed by atoms with E-state index < -0.39 is 6.10 Å². The highest BCUT2D eigenvalue weighted by Crippen LogP contribution is 2.36. The number of tetrazole rings is 1. The van der Waals surface area contributed by atoms with Crippen LogP contribution in [0.2, 0.25) is 10.0 Å². The maximum Gasteiger partial charge on any atom is 0.209 e. The van der Waals surface area contributed by atoms with Crippen LogP contribution < -0.4 is 4.74 Å². The van der Waals surface area contributed by atoms with Crippen molar-refractivity contribution >= 4 is 35.0 Å². The van der Waals surface area contributed by atoms with Gasteiger partial charge in [0, 0.05) is 10.8 Å². The van der Waals surface area contributed by atoms with Crippen LogP contribution in [0.3, 0.4) is 0 Å². The molecule has 6 nitrogen and oxygen atoms in total. The molecule has 1 aromatic heterocycles. The summed E-state index contributed by atoms with van der Waals surface area (Å²) in [6, 6.07) is 5.38. The first kappa shape index (κ1) is 15.9. The lowest BCUT2D eigenvalue weighted by atomic mass is 10.3. The van der Waals surface area contributed by atoms with Crippen LogP contribution in [-0.4, -0.2) is 43.8 Å². The standard InChI is InChI=1S/C13H14Cl2N4O2S/c14-8-1-4-12(11(15)5-8)21-6-10(20)7-22-13-16-17-18-19(13)9-2-3-9/h1,4-5,9-10,20H,2-3,6-7H2/t10-/m1/s1. The number of ether oxygens (including phenoxy) is 1. The Morgan fingerprint density at radius 2 is 2.23 bits per heavy atom. The molecule has 0 bridgehead atoms. The van der Waals surface area contributed by atoms with Crippen LogP contribution in [-0.2, 0) is 0 Å². The van der Waals surface area contributed by atoms with E-state index in [4.69, 9.17) is 27.9 Å². The minimum atomic E-state index is -0.652. The molecule has 1 aliphatic carbocycles. The van der Waals surface area contributed by atoms with Crippen molar-refractivity contribution in [2.45, 2.75) is 30.1 Å². The molecule has 3 rings (SSSR count). The summed E-state index contributed by atoms with van der Waals surface area (Å²) in [7, 11) is 0. The van der Waals surface area contributed by atoms with Gasteiger partial charge in [0.05, 0.1) is 17.2 Å². The van der Waals surface area contributed by atoms with E-state index in [9.17, 15) is 5.11 Å². The third kappa shape index (κ3) is 4.04. The van der Waals surface area contributed by atoms with Crippen molar-refractivity contribution in [3.05, 3.63) is 28.2 Å². The SMILES string of the molecule is O[C@H](COc1ccc(Cl)cc1Cl)CSc1nnnn1C1CC1. The summed E-state index contributed by atoms with van der Waals surface area (Å²) in [5.41, 5.74) is 0. The molecule has 118 valence electrons. The zero-order valence-electron chi connectivity index (χ0n) is 11.5. The van der Waals surface area contributed by atoms with E-state index in [0.717, 1.165) is 18.0 Å². The summed E-state index contributed by atoms with van der Waals surface area (Å²) in [4.78, 5) is 0. The Morgan fingerprint density at radius 3 is 2.95 bits per heavy atom. The lowest BCUT2D eigenvalue weighted by Crippen LogP contribution is -2.20. The predicted octanol–water partition coefficient (Wildman–Crippen LogP) is 2.85. The molecule has 1 atom stereocenters. The molecule has 0 aliphatic heterocycles. The minimum Gasteiger partial charge on any atom is -0.489 e. The quantitative estimate of drug-likeness (QED) is 0.765. The van der Waals surface area contributed by atoms with Gasteiger partial charge in [0.15, 0.2) is 0 Å². The molecule has 1 heterocycles. The average molecular weight is 361 g/mol. The second kappa shape index (κ2) is 7.04. The van der Waals surface area contributed by atoms with E-state index in [2.05, 4.69) is 15.5 Å². The maximum absolute atomic E-state index is 10.0. The molecular weight excluding hydrogens is 347 g/mol. The van der Waals surface area contributed by atoms with Crippen molar-refractivity contribution in [3.8, 4) is 5.75 Å². The van der Waals surface area contributed by atoms with Gasteiger partial charge in [-0.3, -0.25) is 0 Å². The predicted molar refractivity (Wildman–Crippen MR) is 84.8 cm³/mol. The van der Waals surface area contributed by atoms with Gasteiger partial charge in [-0.2, -0.15) is 0 Å². The fourth-order valence-corrected chi connectivity index (χ4v) is 3.14. The summed E-state index contributed by atoms with van der Waals surface area (Å²) in [6.07, 6.45) is 1.57. The molecule has 1 aromatic carbocycles. The maximum atomic E-state index is 10.0. The van der Waals surface area contributed by atoms with E-state index >= 15 is 0 Å². The molecule has 1 fully saturated rings. The zero-order valence-corrected chi connectivity index (χ0v) is 13.9. The molecule has 9 heteroatoms. The number of hydrogen-bond donors (Lipinski definition) is 1. The fraction of sp³-hybridized carbons (Fsp3) is 0.462. The molecule has 0 unspecified atom stereocenters. The normalized spacial score (nSPS) is 15.8. The van der Waals surface area contributed by atoms with Gasteiger partial charge in [-0.1, -0.05) is 35.0 Å². The largest absolute Gasteiger partial charge is 0.489 e. The number of rotatable bonds is 7. The number of thioether (sulfide) groups is 1. The molecule has 1 aliphatic rings. The Hall–Kier alpha value is -1.02. The van der Waals surface area contributed by atoms with E-state index in [0.29, 0.717) is 27.6 Å². The molecule has 0 radical (unpaired) electrons. The number of nitrogens with zero attached hydrogens (tertiary/aromatic N) is 4. The molecule has 22 heavy (non-hydrogen) atoms. The van der Waals surface area contributed by atoms with Gasteiger partial charge < -0.3 is 9.84 Å². The van der Waals surface area contributed by atoms with Crippen molar-refractivity contribution in [2.75, 3.05) is 12.4 Å². The van der Waals surface area contributed by atoms with Gasteiger partial charge in [-0.25, -0.2) is 4.68 Å². The van der Waals surface area contributed by atoms with Crippen molar-refractivity contribution in [3.63, 3.8) is 0 Å². The van der Waals surface area contributed by atoms with E-state index in [1.807, 2.05) is 4.68 Å². The first-order valence-corrected chi connectivity index (χ1v) is 8.54. The van der Waals surface area contributed by atoms with Crippen LogP contribution in [0, 0.1) is 0 Å². The number of aliphatic hydroxyl groups excluding tert-OH is 1. The third-order valence-electron chi connectivity index (χ3n) is 3.09. The van der Waals surface area contributed by atoms with Crippen LogP contribution in [0.15, 0.2) is 23.4 Å². The van der Waals surface area contributed by atoms with E-state index in [-0.39, 0.29) is 6.61 Å². The summed E-state index contributed by atoms with van der Waals surface area (Å²) in [5.74, 6) is 0.941. The number of halogens is 2. The third-order valence-corrected chi connectivity index (χ3v) is 4.69. The smallest absolute Gasteiger partial charge is 0.209 e. The lowest BCUT2D eigenvalue weighted by molar-refractivity contribution is 0.126. The average Bonchev–Trinajstić information content (AvgIpc) is 3.23. The Kier molecular flexibility index (Phi) is 5.07. The van der Waals surface area contributed by atoms with Crippen LogP contribution >= 0.6 is 35.0 Å². The topological polar surface area (TPSA) is 73.1 Å². The summed E-state index contributed by atoms with van der Waals surface area (Å²) in [6.45, 7) is 0.138. The van der Waals surface area contributed by atoms with Crippen molar-refractivity contribution < 1.29 is 9.84 Å². The summed E-state index contributed by atoms with van der Waals surface area (Å²) in [5, 5.41) is 23.3. The van der Waals surface area contributed by atoms with Crippen LogP contribution in [0.25, 0.3) is 0 Å². The molecular formula is C13H14Cl2N4O2S. The van der Waals surface area contributed by atoms with Gasteiger partial charge in [0.1, 0.15) is 12.4 Å². The van der Waals surface area contributed by atoms with E-state index in [1.165, 1.54) is 11.8 Å². The van der Waals surface area contributed by atoms with E-state index in [1.54, 1.807) is 18.2 Å². The summed E-state index contributed by atoms with van der Waals surface area (Å²) < 4.78 is 7.31. The lowest BCUT2D eigenvalue weighted by Gasteiger charge is -2.13. The van der Waals surface area contributed by atoms with Crippen LogP contribution in [0.4, 0.5) is 0 Å². The Morgan fingerprint density at radius 1 is 1.41 bits per heavy atom. The van der Waals surface area contributed by atoms with Crippen LogP contribution in [0.1, 0.15) is 18.9 Å². The van der Waals surface area contributed by atoms with Crippen molar-refractivity contribution in [1.29, 1.82) is 0 Å². The highest BCUT2D eigenvalue weighted by atomic mass is 35.5. The first-order chi connectivity index (χ1) is 10.6. The zero-order chi connectivity index (χ0) is 15.5. The highest BCUT2D eigenvalue weighted by molar-refractivity contribution is 7.99. The Labute approximate surface area is 141 Å². The second-order valence-corrected chi connectivity index (χ2v) is 6.82. The Balaban J connectivity index is 1.48. The molecule has 1 N–H and O–H groups in total. The molecule has 0 spiro atoms. The van der Waals surface area contributed by atoms with Gasteiger partial charge in [0.25, 0.3) is 0 Å². The molecule has 0 saturated heterocycles. The van der Waals surface area contributed by atoms with Gasteiger partial charge in [0.2, 0.25) is 5.16 Å². The van der Waals surface area contributed by atoms with Crippen molar-refractivity contribution in [2.24, 2.45) is 0 Å². The van der Waals surface area contributed by atoms with Gasteiger partial charge >= 0.3 is 0 Å². The fourth-order valence-electron chi connectivity index (χ4n) is 1.83. The summed E-state index contributed by atoms with van der Waals surface area (Å²) >= 11 is 13.2. The Bertz CT molecular complexity index is 651. The monoisotopic (exact) mass is 360 g/mol. The molecule has 0 amide bonds. The molecule has 2 aromatic rings. The number of aromatic nitrogens is 4.